The van der Waals surface area contributed by atoms with Gasteiger partial charge >= 0.3 is 0 Å². The minimum Gasteiger partial charge on any atom is -0.207 e. The highest BCUT2D eigenvalue weighted by Gasteiger charge is 2.22. The largest absolute Gasteiger partial charge is 0.244 e. The van der Waals surface area contributed by atoms with Gasteiger partial charge in [-0.25, -0.2) is 21.9 Å². The number of sulfonamides is 1. The van der Waals surface area contributed by atoms with Gasteiger partial charge in [0.25, 0.3) is 0 Å². The molecule has 2 aromatic rings. The van der Waals surface area contributed by atoms with Gasteiger partial charge in [-0.2, -0.15) is 0 Å². The standard InChI is InChI=1S/C14H13F2NO2S/c1-10(11-5-3-2-4-6-11)17-20(18,19)14-9-12(15)7-8-13(14)16/h2-10,17H,1H3/t10-/m0/s1. The first-order chi connectivity index (χ1) is 9.40. The summed E-state index contributed by atoms with van der Waals surface area (Å²) >= 11 is 0. The molecule has 0 aromatic heterocycles. The summed E-state index contributed by atoms with van der Waals surface area (Å²) < 4.78 is 53.1. The number of nitrogens with one attached hydrogen (secondary N) is 1. The van der Waals surface area contributed by atoms with Gasteiger partial charge in [-0.1, -0.05) is 30.3 Å². The van der Waals surface area contributed by atoms with Crippen molar-refractivity contribution in [2.45, 2.75) is 17.9 Å². The third-order valence-corrected chi connectivity index (χ3v) is 4.37. The summed E-state index contributed by atoms with van der Waals surface area (Å²) in [4.78, 5) is -0.694. The molecule has 0 amide bonds. The second-order valence-corrected chi connectivity index (χ2v) is 6.01. The molecule has 1 atom stereocenters. The van der Waals surface area contributed by atoms with Crippen LogP contribution < -0.4 is 4.72 Å². The van der Waals surface area contributed by atoms with E-state index in [1.807, 2.05) is 0 Å². The van der Waals surface area contributed by atoms with Crippen LogP contribution in [0.15, 0.2) is 53.4 Å². The third-order valence-electron chi connectivity index (χ3n) is 2.81. The van der Waals surface area contributed by atoms with Crippen molar-refractivity contribution in [2.24, 2.45) is 0 Å². The van der Waals surface area contributed by atoms with Crippen LogP contribution >= 0.6 is 0 Å². The first-order valence-electron chi connectivity index (χ1n) is 5.92. The Balaban J connectivity index is 2.30. The number of hydrogen-bond donors (Lipinski definition) is 1. The summed E-state index contributed by atoms with van der Waals surface area (Å²) in [6.45, 7) is 1.63. The van der Waals surface area contributed by atoms with Crippen LogP contribution in [-0.2, 0) is 10.0 Å². The lowest BCUT2D eigenvalue weighted by Gasteiger charge is -2.15. The zero-order valence-corrected chi connectivity index (χ0v) is 11.5. The fourth-order valence-electron chi connectivity index (χ4n) is 1.79. The van der Waals surface area contributed by atoms with Crippen LogP contribution in [-0.4, -0.2) is 8.42 Å². The predicted molar refractivity (Wildman–Crippen MR) is 71.5 cm³/mol. The molecule has 0 saturated carbocycles. The lowest BCUT2D eigenvalue weighted by atomic mass is 10.1. The zero-order valence-electron chi connectivity index (χ0n) is 10.7. The Hall–Kier alpha value is -1.79. The molecule has 0 bridgehead atoms. The van der Waals surface area contributed by atoms with E-state index in [-0.39, 0.29) is 0 Å². The van der Waals surface area contributed by atoms with Crippen LogP contribution in [0.3, 0.4) is 0 Å². The van der Waals surface area contributed by atoms with Crippen molar-refractivity contribution in [3.63, 3.8) is 0 Å². The molecule has 0 saturated heterocycles. The minimum absolute atomic E-state index is 0.552. The van der Waals surface area contributed by atoms with Crippen molar-refractivity contribution in [1.82, 2.24) is 4.72 Å². The molecule has 2 rings (SSSR count). The smallest absolute Gasteiger partial charge is 0.207 e. The van der Waals surface area contributed by atoms with Crippen molar-refractivity contribution < 1.29 is 17.2 Å². The Bertz CT molecular complexity index is 702. The molecule has 0 radical (unpaired) electrons. The van der Waals surface area contributed by atoms with Crippen molar-refractivity contribution in [3.8, 4) is 0 Å². The Morgan fingerprint density at radius 3 is 2.35 bits per heavy atom. The highest BCUT2D eigenvalue weighted by molar-refractivity contribution is 7.89. The average molecular weight is 297 g/mol. The SMILES string of the molecule is C[C@H](NS(=O)(=O)c1cc(F)ccc1F)c1ccccc1. The van der Waals surface area contributed by atoms with Gasteiger partial charge in [0.1, 0.15) is 16.5 Å². The van der Waals surface area contributed by atoms with Gasteiger partial charge < -0.3 is 0 Å². The molecule has 0 heterocycles. The highest BCUT2D eigenvalue weighted by atomic mass is 32.2. The normalized spacial score (nSPS) is 13.2. The summed E-state index contributed by atoms with van der Waals surface area (Å²) in [7, 11) is -4.13. The summed E-state index contributed by atoms with van der Waals surface area (Å²) in [5.74, 6) is -1.79. The highest BCUT2D eigenvalue weighted by Crippen LogP contribution is 2.19. The average Bonchev–Trinajstić information content (AvgIpc) is 2.42. The topological polar surface area (TPSA) is 46.2 Å². The maximum atomic E-state index is 13.5. The van der Waals surface area contributed by atoms with Gasteiger partial charge in [-0.05, 0) is 30.7 Å². The Morgan fingerprint density at radius 1 is 1.05 bits per heavy atom. The molecule has 0 aliphatic carbocycles. The molecule has 0 aliphatic rings. The molecule has 106 valence electrons. The van der Waals surface area contributed by atoms with E-state index in [1.54, 1.807) is 37.3 Å². The molecule has 0 spiro atoms. The van der Waals surface area contributed by atoms with Crippen LogP contribution in [0.1, 0.15) is 18.5 Å². The van der Waals surface area contributed by atoms with Crippen LogP contribution in [0.2, 0.25) is 0 Å². The lowest BCUT2D eigenvalue weighted by molar-refractivity contribution is 0.538. The van der Waals surface area contributed by atoms with E-state index >= 15 is 0 Å². The first-order valence-corrected chi connectivity index (χ1v) is 7.41. The molecule has 0 aliphatic heterocycles. The first kappa shape index (κ1) is 14.6. The molecule has 0 fully saturated rings. The van der Waals surface area contributed by atoms with Crippen molar-refractivity contribution in [1.29, 1.82) is 0 Å². The summed E-state index contributed by atoms with van der Waals surface area (Å²) in [5.41, 5.74) is 0.730. The van der Waals surface area contributed by atoms with Crippen molar-refractivity contribution in [2.75, 3.05) is 0 Å². The molecule has 1 N–H and O–H groups in total. The Kier molecular flexibility index (Phi) is 4.15. The third kappa shape index (κ3) is 3.20. The van der Waals surface area contributed by atoms with Gasteiger partial charge in [-0.3, -0.25) is 0 Å². The van der Waals surface area contributed by atoms with Crippen molar-refractivity contribution >= 4 is 10.0 Å². The van der Waals surface area contributed by atoms with E-state index in [4.69, 9.17) is 0 Å². The Morgan fingerprint density at radius 2 is 1.70 bits per heavy atom. The molecule has 0 unspecified atom stereocenters. The molecular formula is C14H13F2NO2S. The van der Waals surface area contributed by atoms with E-state index in [1.165, 1.54) is 0 Å². The molecule has 20 heavy (non-hydrogen) atoms. The fourth-order valence-corrected chi connectivity index (χ4v) is 3.11. The van der Waals surface area contributed by atoms with E-state index in [0.29, 0.717) is 6.07 Å². The van der Waals surface area contributed by atoms with Gasteiger partial charge in [-0.15, -0.1) is 0 Å². The predicted octanol–water partition coefficient (Wildman–Crippen LogP) is 3.00. The molecule has 6 heteroatoms. The van der Waals surface area contributed by atoms with Crippen molar-refractivity contribution in [3.05, 3.63) is 65.7 Å². The van der Waals surface area contributed by atoms with Gasteiger partial charge in [0, 0.05) is 6.04 Å². The van der Waals surface area contributed by atoms with E-state index in [2.05, 4.69) is 4.72 Å². The number of rotatable bonds is 4. The quantitative estimate of drug-likeness (QED) is 0.943. The van der Waals surface area contributed by atoms with Gasteiger partial charge in [0.05, 0.1) is 0 Å². The minimum atomic E-state index is -4.13. The van der Waals surface area contributed by atoms with Crippen LogP contribution in [0.5, 0.6) is 0 Å². The van der Waals surface area contributed by atoms with E-state index in [9.17, 15) is 17.2 Å². The van der Waals surface area contributed by atoms with E-state index < -0.39 is 32.6 Å². The number of hydrogen-bond acceptors (Lipinski definition) is 2. The van der Waals surface area contributed by atoms with Gasteiger partial charge in [0.15, 0.2) is 0 Å². The second-order valence-electron chi connectivity index (χ2n) is 4.33. The summed E-state index contributed by atoms with van der Waals surface area (Å²) in [5, 5.41) is 0. The number of benzene rings is 2. The maximum Gasteiger partial charge on any atom is 0.244 e. The van der Waals surface area contributed by atoms with Crippen LogP contribution in [0, 0.1) is 11.6 Å². The maximum absolute atomic E-state index is 13.5. The van der Waals surface area contributed by atoms with E-state index in [0.717, 1.165) is 17.7 Å². The summed E-state index contributed by atoms with van der Waals surface area (Å²) in [6, 6.07) is 10.6. The zero-order chi connectivity index (χ0) is 14.8. The molecule has 3 nitrogen and oxygen atoms in total. The van der Waals surface area contributed by atoms with Crippen LogP contribution in [0.4, 0.5) is 8.78 Å². The second kappa shape index (κ2) is 5.68. The van der Waals surface area contributed by atoms with Gasteiger partial charge in [0.2, 0.25) is 10.0 Å². The monoisotopic (exact) mass is 297 g/mol. The summed E-state index contributed by atoms with van der Waals surface area (Å²) in [6.07, 6.45) is 0. The fraction of sp³-hybridized carbons (Fsp3) is 0.143. The Labute approximate surface area is 116 Å². The van der Waals surface area contributed by atoms with Crippen LogP contribution in [0.25, 0.3) is 0 Å². The molecule has 2 aromatic carbocycles. The lowest BCUT2D eigenvalue weighted by Crippen LogP contribution is -2.27. The molecular weight excluding hydrogens is 284 g/mol. The number of halogens is 2.